The summed E-state index contributed by atoms with van der Waals surface area (Å²) in [5.74, 6) is -1.01. The van der Waals surface area contributed by atoms with Crippen molar-refractivity contribution in [3.63, 3.8) is 0 Å². The van der Waals surface area contributed by atoms with Crippen molar-refractivity contribution in [2.45, 2.75) is 84.7 Å². The minimum Gasteiger partial charge on any atom is -0.457 e. The van der Waals surface area contributed by atoms with Crippen LogP contribution in [0.5, 0.6) is 0 Å². The van der Waals surface area contributed by atoms with Crippen LogP contribution in [0.2, 0.25) is 0 Å². The molecule has 0 unspecified atom stereocenters. The van der Waals surface area contributed by atoms with Crippen LogP contribution in [0.15, 0.2) is 12.2 Å². The highest BCUT2D eigenvalue weighted by molar-refractivity contribution is 8.13. The van der Waals surface area contributed by atoms with Gasteiger partial charge in [-0.15, -0.1) is 0 Å². The number of thioether (sulfide) groups is 1. The Kier molecular flexibility index (Phi) is 18.3. The van der Waals surface area contributed by atoms with E-state index in [4.69, 9.17) is 14.2 Å². The Morgan fingerprint density at radius 2 is 1.81 bits per heavy atom. The first-order valence-electron chi connectivity index (χ1n) is 13.3. The lowest BCUT2D eigenvalue weighted by molar-refractivity contribution is -0.156. The molecule has 0 spiro atoms. The van der Waals surface area contributed by atoms with Crippen LogP contribution in [-0.2, 0) is 33.4 Å². The Balaban J connectivity index is 2.65. The summed E-state index contributed by atoms with van der Waals surface area (Å²) in [7, 11) is 0. The van der Waals surface area contributed by atoms with Crippen LogP contribution >= 0.6 is 11.8 Å². The van der Waals surface area contributed by atoms with Crippen molar-refractivity contribution in [3.8, 4) is 0 Å². The summed E-state index contributed by atoms with van der Waals surface area (Å²) in [5.41, 5.74) is 0. The van der Waals surface area contributed by atoms with Crippen molar-refractivity contribution in [1.29, 1.82) is 0 Å². The molecule has 206 valence electrons. The van der Waals surface area contributed by atoms with Crippen molar-refractivity contribution in [2.75, 3.05) is 38.7 Å². The summed E-state index contributed by atoms with van der Waals surface area (Å²) in [6.45, 7) is 7.06. The van der Waals surface area contributed by atoms with Crippen molar-refractivity contribution < 1.29 is 33.4 Å². The van der Waals surface area contributed by atoms with E-state index in [1.807, 2.05) is 19.9 Å². The fraction of sp³-hybridized carbons (Fsp3) is 0.778. The summed E-state index contributed by atoms with van der Waals surface area (Å²) in [5, 5.41) is 2.97. The van der Waals surface area contributed by atoms with E-state index in [1.165, 1.54) is 31.0 Å². The molecule has 1 rings (SSSR count). The van der Waals surface area contributed by atoms with Crippen molar-refractivity contribution in [2.24, 2.45) is 11.8 Å². The van der Waals surface area contributed by atoms with Crippen LogP contribution in [0.1, 0.15) is 78.6 Å². The number of hydrogen-bond donors (Lipinski definition) is 1. The van der Waals surface area contributed by atoms with Gasteiger partial charge < -0.3 is 19.5 Å². The molecule has 1 N–H and O–H groups in total. The molecule has 8 nitrogen and oxygen atoms in total. The molecule has 0 aliphatic carbocycles. The molecule has 1 amide bonds. The molecular weight excluding hydrogens is 482 g/mol. The Bertz CT molecular complexity index is 696. The van der Waals surface area contributed by atoms with Gasteiger partial charge in [0.15, 0.2) is 10.9 Å². The van der Waals surface area contributed by atoms with E-state index < -0.39 is 18.0 Å². The van der Waals surface area contributed by atoms with Gasteiger partial charge in [0, 0.05) is 25.1 Å². The molecule has 0 saturated carbocycles. The number of unbranched alkanes of at least 4 members (excludes halogenated alkanes) is 4. The maximum atomic E-state index is 12.9. The van der Waals surface area contributed by atoms with Gasteiger partial charge in [0.1, 0.15) is 12.7 Å². The Morgan fingerprint density at radius 3 is 2.56 bits per heavy atom. The van der Waals surface area contributed by atoms with Crippen LogP contribution < -0.4 is 5.32 Å². The normalized spacial score (nSPS) is 21.5. The highest BCUT2D eigenvalue weighted by atomic mass is 32.2. The third-order valence-corrected chi connectivity index (χ3v) is 6.76. The molecule has 1 aliphatic heterocycles. The van der Waals surface area contributed by atoms with E-state index in [9.17, 15) is 19.2 Å². The van der Waals surface area contributed by atoms with E-state index in [0.717, 1.165) is 12.8 Å². The predicted molar refractivity (Wildman–Crippen MR) is 142 cm³/mol. The van der Waals surface area contributed by atoms with E-state index in [0.29, 0.717) is 38.4 Å². The summed E-state index contributed by atoms with van der Waals surface area (Å²) in [6, 6.07) is 0. The lowest BCUT2D eigenvalue weighted by Gasteiger charge is -2.22. The quantitative estimate of drug-likeness (QED) is 0.241. The second-order valence-corrected chi connectivity index (χ2v) is 10.5. The molecular formula is C27H45NO7S. The van der Waals surface area contributed by atoms with Gasteiger partial charge in [-0.1, -0.05) is 64.3 Å². The summed E-state index contributed by atoms with van der Waals surface area (Å²) >= 11 is 1.32. The highest BCUT2D eigenvalue weighted by Crippen LogP contribution is 2.20. The van der Waals surface area contributed by atoms with Crippen LogP contribution in [0, 0.1) is 11.8 Å². The first-order valence-corrected chi connectivity index (χ1v) is 14.3. The lowest BCUT2D eigenvalue weighted by atomic mass is 9.91. The van der Waals surface area contributed by atoms with Gasteiger partial charge in [-0.2, -0.15) is 0 Å². The second kappa shape index (κ2) is 20.4. The smallest absolute Gasteiger partial charge is 0.310 e. The predicted octanol–water partition coefficient (Wildman–Crippen LogP) is 4.25. The van der Waals surface area contributed by atoms with Gasteiger partial charge in [0.05, 0.1) is 32.2 Å². The average Bonchev–Trinajstić information content (AvgIpc) is 2.82. The third kappa shape index (κ3) is 16.1. The molecule has 1 heterocycles. The monoisotopic (exact) mass is 527 g/mol. The highest BCUT2D eigenvalue weighted by Gasteiger charge is 2.29. The van der Waals surface area contributed by atoms with Crippen LogP contribution in [0.25, 0.3) is 0 Å². The fourth-order valence-electron chi connectivity index (χ4n) is 3.64. The molecule has 0 aromatic rings. The standard InChI is InChI=1S/C27H45NO7S/c1-4-5-6-7-8-12-26(31)36-17-10-9-11-23-19-25(30)28-13-14-33-15-16-34-20-22(29)18-24(21(2)3)27(32)35-23/h9,11,21,23-24H,4-8,10,12-20H2,1-3H3,(H,28,30)/b11-9+/t23-,24-/m1/s1. The van der Waals surface area contributed by atoms with Crippen molar-refractivity contribution in [3.05, 3.63) is 12.2 Å². The number of Topliss-reactive ketones (excluding diaryl/α,β-unsaturated/α-hetero) is 1. The zero-order valence-electron chi connectivity index (χ0n) is 22.3. The molecule has 9 heteroatoms. The number of esters is 1. The number of nitrogens with one attached hydrogen (secondary N) is 1. The van der Waals surface area contributed by atoms with Gasteiger partial charge in [0.2, 0.25) is 5.91 Å². The molecule has 0 aromatic carbocycles. The minimum absolute atomic E-state index is 0.0199. The van der Waals surface area contributed by atoms with Gasteiger partial charge in [-0.3, -0.25) is 19.2 Å². The minimum atomic E-state index is -0.752. The first-order chi connectivity index (χ1) is 17.3. The molecule has 1 fully saturated rings. The maximum Gasteiger partial charge on any atom is 0.310 e. The average molecular weight is 528 g/mol. The summed E-state index contributed by atoms with van der Waals surface area (Å²) in [6.07, 6.45) is 9.64. The Labute approximate surface area is 220 Å². The summed E-state index contributed by atoms with van der Waals surface area (Å²) < 4.78 is 16.4. The van der Waals surface area contributed by atoms with Crippen molar-refractivity contribution >= 4 is 34.5 Å². The number of rotatable bonds is 11. The number of hydrogen-bond acceptors (Lipinski definition) is 8. The topological polar surface area (TPSA) is 108 Å². The number of ether oxygens (including phenoxy) is 3. The molecule has 1 aliphatic rings. The number of carbonyl (C=O) groups is 4. The third-order valence-electron chi connectivity index (χ3n) is 5.80. The van der Waals surface area contributed by atoms with Crippen LogP contribution in [0.4, 0.5) is 0 Å². The molecule has 0 bridgehead atoms. The number of amides is 1. The van der Waals surface area contributed by atoms with Gasteiger partial charge in [-0.05, 0) is 24.8 Å². The van der Waals surface area contributed by atoms with E-state index in [2.05, 4.69) is 12.2 Å². The number of allylic oxidation sites excluding steroid dienone is 1. The second-order valence-electron chi connectivity index (χ2n) is 9.39. The fourth-order valence-corrected chi connectivity index (χ4v) is 4.41. The van der Waals surface area contributed by atoms with Gasteiger partial charge >= 0.3 is 5.97 Å². The van der Waals surface area contributed by atoms with Crippen LogP contribution in [0.3, 0.4) is 0 Å². The van der Waals surface area contributed by atoms with E-state index >= 15 is 0 Å². The maximum absolute atomic E-state index is 12.9. The van der Waals surface area contributed by atoms with Gasteiger partial charge in [0.25, 0.3) is 0 Å². The number of ketones is 1. The van der Waals surface area contributed by atoms with E-state index in [1.54, 1.807) is 6.08 Å². The Hall–Kier alpha value is -1.71. The lowest BCUT2D eigenvalue weighted by Crippen LogP contribution is -2.34. The molecule has 0 radical (unpaired) electrons. The molecule has 0 aromatic heterocycles. The molecule has 1 saturated heterocycles. The van der Waals surface area contributed by atoms with Crippen molar-refractivity contribution in [1.82, 2.24) is 5.32 Å². The first kappa shape index (κ1) is 32.3. The largest absolute Gasteiger partial charge is 0.457 e. The van der Waals surface area contributed by atoms with Gasteiger partial charge in [-0.25, -0.2) is 0 Å². The Morgan fingerprint density at radius 1 is 1.06 bits per heavy atom. The molecule has 36 heavy (non-hydrogen) atoms. The zero-order valence-corrected chi connectivity index (χ0v) is 23.1. The van der Waals surface area contributed by atoms with Crippen LogP contribution in [-0.4, -0.2) is 67.6 Å². The zero-order chi connectivity index (χ0) is 26.6. The SMILES string of the molecule is CCCCCCCC(=O)SCC/C=C/[C@@H]1CC(=O)NCCOCCOCC(=O)C[C@H](C(C)C)C(=O)O1. The van der Waals surface area contributed by atoms with E-state index in [-0.39, 0.29) is 48.8 Å². The number of carbonyl (C=O) groups excluding carboxylic acids is 4. The summed E-state index contributed by atoms with van der Waals surface area (Å²) in [4.78, 5) is 49.6. The molecule has 2 atom stereocenters. The number of cyclic esters (lactones) is 1.